The van der Waals surface area contributed by atoms with Crippen LogP contribution in [0.4, 0.5) is 10.1 Å². The lowest BCUT2D eigenvalue weighted by Gasteiger charge is -2.38. The molecule has 1 heterocycles. The summed E-state index contributed by atoms with van der Waals surface area (Å²) < 4.78 is 19.9. The van der Waals surface area contributed by atoms with E-state index >= 15 is 0 Å². The summed E-state index contributed by atoms with van der Waals surface area (Å²) in [6.07, 6.45) is 2.05. The van der Waals surface area contributed by atoms with Crippen molar-refractivity contribution in [1.82, 2.24) is 5.32 Å². The molecule has 1 aromatic carbocycles. The highest BCUT2D eigenvalue weighted by atomic mass is 19.1. The Bertz CT molecular complexity index is 425. The monoisotopic (exact) mass is 280 g/mol. The summed E-state index contributed by atoms with van der Waals surface area (Å²) >= 11 is 0. The zero-order valence-corrected chi connectivity index (χ0v) is 12.5. The van der Waals surface area contributed by atoms with Gasteiger partial charge < -0.3 is 15.0 Å². The average molecular weight is 280 g/mol. The van der Waals surface area contributed by atoms with Crippen LogP contribution in [0.1, 0.15) is 32.3 Å². The number of morpholine rings is 1. The van der Waals surface area contributed by atoms with Crippen molar-refractivity contribution in [3.05, 3.63) is 29.6 Å². The van der Waals surface area contributed by atoms with Crippen LogP contribution in [0.5, 0.6) is 0 Å². The molecule has 0 amide bonds. The van der Waals surface area contributed by atoms with Gasteiger partial charge in [0.15, 0.2) is 0 Å². The van der Waals surface area contributed by atoms with Gasteiger partial charge in [-0.3, -0.25) is 0 Å². The highest BCUT2D eigenvalue weighted by molar-refractivity contribution is 5.56. The Morgan fingerprint density at radius 1 is 1.40 bits per heavy atom. The van der Waals surface area contributed by atoms with Gasteiger partial charge in [-0.2, -0.15) is 0 Å². The second-order valence-electron chi connectivity index (χ2n) is 5.25. The molecule has 2 rings (SSSR count). The summed E-state index contributed by atoms with van der Waals surface area (Å²) in [6, 6.07) is 5.64. The smallest absolute Gasteiger partial charge is 0.146 e. The van der Waals surface area contributed by atoms with Crippen molar-refractivity contribution in [3.8, 4) is 0 Å². The lowest BCUT2D eigenvalue weighted by molar-refractivity contribution is 0.0925. The van der Waals surface area contributed by atoms with Gasteiger partial charge in [0.05, 0.1) is 24.9 Å². The van der Waals surface area contributed by atoms with E-state index in [4.69, 9.17) is 4.74 Å². The zero-order valence-electron chi connectivity index (χ0n) is 12.5. The molecule has 1 aromatic rings. The van der Waals surface area contributed by atoms with Crippen LogP contribution >= 0.6 is 0 Å². The molecule has 0 bridgehead atoms. The van der Waals surface area contributed by atoms with Gasteiger partial charge in [-0.1, -0.05) is 26.0 Å². The van der Waals surface area contributed by atoms with E-state index in [-0.39, 0.29) is 11.9 Å². The molecule has 1 unspecified atom stereocenters. The van der Waals surface area contributed by atoms with E-state index in [2.05, 4.69) is 24.1 Å². The number of hydrogen-bond donors (Lipinski definition) is 1. The van der Waals surface area contributed by atoms with E-state index in [0.717, 1.165) is 37.2 Å². The normalized spacial score (nSPS) is 19.4. The molecule has 1 aliphatic heterocycles. The van der Waals surface area contributed by atoms with Crippen LogP contribution in [-0.4, -0.2) is 32.3 Å². The van der Waals surface area contributed by atoms with Crippen molar-refractivity contribution in [1.29, 1.82) is 0 Å². The van der Waals surface area contributed by atoms with Crippen LogP contribution in [0.25, 0.3) is 0 Å². The zero-order chi connectivity index (χ0) is 14.4. The predicted molar refractivity (Wildman–Crippen MR) is 80.6 cm³/mol. The lowest BCUT2D eigenvalue weighted by atomic mass is 10.1. The molecule has 1 saturated heterocycles. The van der Waals surface area contributed by atoms with Crippen LogP contribution in [0.2, 0.25) is 0 Å². The molecule has 0 aliphatic carbocycles. The van der Waals surface area contributed by atoms with Gasteiger partial charge in [-0.25, -0.2) is 4.39 Å². The largest absolute Gasteiger partial charge is 0.377 e. The molecule has 112 valence electrons. The van der Waals surface area contributed by atoms with E-state index in [9.17, 15) is 4.39 Å². The Kier molecular flexibility index (Phi) is 5.80. The number of hydrogen-bond acceptors (Lipinski definition) is 3. The van der Waals surface area contributed by atoms with Crippen LogP contribution < -0.4 is 10.2 Å². The van der Waals surface area contributed by atoms with E-state index in [1.165, 1.54) is 0 Å². The van der Waals surface area contributed by atoms with Gasteiger partial charge in [0, 0.05) is 13.1 Å². The second kappa shape index (κ2) is 7.60. The van der Waals surface area contributed by atoms with Crippen molar-refractivity contribution in [2.45, 2.75) is 39.3 Å². The summed E-state index contributed by atoms with van der Waals surface area (Å²) in [4.78, 5) is 2.18. The molecule has 1 N–H and O–H groups in total. The minimum Gasteiger partial charge on any atom is -0.377 e. The SMILES string of the molecule is CCCNCc1cccc(F)c1N1CCOCC1CC. The Hall–Kier alpha value is -1.13. The third-order valence-corrected chi connectivity index (χ3v) is 3.80. The molecule has 0 aromatic heterocycles. The fourth-order valence-corrected chi connectivity index (χ4v) is 2.71. The van der Waals surface area contributed by atoms with Crippen molar-refractivity contribution < 1.29 is 9.13 Å². The van der Waals surface area contributed by atoms with E-state index in [0.29, 0.717) is 19.8 Å². The van der Waals surface area contributed by atoms with Gasteiger partial charge >= 0.3 is 0 Å². The molecule has 0 radical (unpaired) electrons. The molecule has 1 aliphatic rings. The standard InChI is InChI=1S/C16H25FN2O/c1-3-8-18-11-13-6-5-7-15(17)16(13)19-9-10-20-12-14(19)4-2/h5-7,14,18H,3-4,8-12H2,1-2H3. The summed E-state index contributed by atoms with van der Waals surface area (Å²) in [5.74, 6) is -0.124. The quantitative estimate of drug-likeness (QED) is 0.811. The van der Waals surface area contributed by atoms with Gasteiger partial charge in [-0.15, -0.1) is 0 Å². The van der Waals surface area contributed by atoms with Gasteiger partial charge in [-0.05, 0) is 31.0 Å². The molecule has 20 heavy (non-hydrogen) atoms. The summed E-state index contributed by atoms with van der Waals surface area (Å²) in [7, 11) is 0. The molecular weight excluding hydrogens is 255 g/mol. The Morgan fingerprint density at radius 2 is 2.25 bits per heavy atom. The number of nitrogens with zero attached hydrogens (tertiary/aromatic N) is 1. The highest BCUT2D eigenvalue weighted by Crippen LogP contribution is 2.28. The van der Waals surface area contributed by atoms with E-state index in [1.54, 1.807) is 12.1 Å². The van der Waals surface area contributed by atoms with E-state index < -0.39 is 0 Å². The van der Waals surface area contributed by atoms with Crippen molar-refractivity contribution >= 4 is 5.69 Å². The molecule has 0 saturated carbocycles. The number of anilines is 1. The predicted octanol–water partition coefficient (Wildman–Crippen LogP) is 2.94. The van der Waals surface area contributed by atoms with Crippen LogP contribution in [-0.2, 0) is 11.3 Å². The van der Waals surface area contributed by atoms with Crippen LogP contribution in [0.15, 0.2) is 18.2 Å². The maximum Gasteiger partial charge on any atom is 0.146 e. The number of rotatable bonds is 6. The fourth-order valence-electron chi connectivity index (χ4n) is 2.71. The Balaban J connectivity index is 2.23. The van der Waals surface area contributed by atoms with Crippen molar-refractivity contribution in [2.75, 3.05) is 31.2 Å². The van der Waals surface area contributed by atoms with Crippen molar-refractivity contribution in [3.63, 3.8) is 0 Å². The number of para-hydroxylation sites is 1. The average Bonchev–Trinajstić information content (AvgIpc) is 2.48. The minimum atomic E-state index is -0.124. The first-order valence-electron chi connectivity index (χ1n) is 7.60. The lowest BCUT2D eigenvalue weighted by Crippen LogP contribution is -2.46. The number of halogens is 1. The molecule has 1 fully saturated rings. The topological polar surface area (TPSA) is 24.5 Å². The van der Waals surface area contributed by atoms with Gasteiger partial charge in [0.2, 0.25) is 0 Å². The summed E-state index contributed by atoms with van der Waals surface area (Å²) in [5, 5.41) is 3.37. The number of nitrogens with one attached hydrogen (secondary N) is 1. The minimum absolute atomic E-state index is 0.124. The second-order valence-corrected chi connectivity index (χ2v) is 5.25. The third kappa shape index (κ3) is 3.49. The maximum atomic E-state index is 14.3. The first kappa shape index (κ1) is 15.3. The van der Waals surface area contributed by atoms with Crippen molar-refractivity contribution in [2.24, 2.45) is 0 Å². The third-order valence-electron chi connectivity index (χ3n) is 3.80. The molecule has 4 heteroatoms. The molecule has 0 spiro atoms. The summed E-state index contributed by atoms with van der Waals surface area (Å²) in [6.45, 7) is 8.06. The molecular formula is C16H25FN2O. The van der Waals surface area contributed by atoms with Crippen LogP contribution in [0, 0.1) is 5.82 Å². The Morgan fingerprint density at radius 3 is 3.00 bits per heavy atom. The van der Waals surface area contributed by atoms with Gasteiger partial charge in [0.1, 0.15) is 5.82 Å². The number of benzene rings is 1. The number of ether oxygens (including phenoxy) is 1. The first-order chi connectivity index (χ1) is 9.77. The van der Waals surface area contributed by atoms with Crippen LogP contribution in [0.3, 0.4) is 0 Å². The highest BCUT2D eigenvalue weighted by Gasteiger charge is 2.25. The molecule has 3 nitrogen and oxygen atoms in total. The fraction of sp³-hybridized carbons (Fsp3) is 0.625. The Labute approximate surface area is 121 Å². The summed E-state index contributed by atoms with van der Waals surface area (Å²) in [5.41, 5.74) is 1.80. The molecule has 1 atom stereocenters. The maximum absolute atomic E-state index is 14.3. The van der Waals surface area contributed by atoms with E-state index in [1.807, 2.05) is 6.07 Å². The van der Waals surface area contributed by atoms with Gasteiger partial charge in [0.25, 0.3) is 0 Å². The first-order valence-corrected chi connectivity index (χ1v) is 7.60.